The molecule has 2 nitrogen and oxygen atoms in total. The summed E-state index contributed by atoms with van der Waals surface area (Å²) in [5.74, 6) is 0. The lowest BCUT2D eigenvalue weighted by Crippen LogP contribution is -2.13. The van der Waals surface area contributed by atoms with E-state index < -0.39 is 0 Å². The Kier molecular flexibility index (Phi) is 6.55. The number of rotatable bonds is 6. The maximum absolute atomic E-state index is 8.95. The summed E-state index contributed by atoms with van der Waals surface area (Å²) in [5.41, 5.74) is 1.30. The zero-order valence-electron chi connectivity index (χ0n) is 10.5. The molecule has 17 heavy (non-hydrogen) atoms. The third kappa shape index (κ3) is 4.62. The Morgan fingerprint density at radius 2 is 2.12 bits per heavy atom. The molecule has 1 rings (SSSR count). The Hall–Kier alpha value is -0.0300. The quantitative estimate of drug-likeness (QED) is 0.786. The molecular weight excluding hydrogens is 298 g/mol. The highest BCUT2D eigenvalue weighted by Gasteiger charge is 2.12. The van der Waals surface area contributed by atoms with Gasteiger partial charge in [0.15, 0.2) is 0 Å². The molecule has 0 heterocycles. The summed E-state index contributed by atoms with van der Waals surface area (Å²) in [7, 11) is 1.97. The van der Waals surface area contributed by atoms with E-state index in [1.165, 1.54) is 10.5 Å². The topological polar surface area (TPSA) is 32.3 Å². The summed E-state index contributed by atoms with van der Waals surface area (Å²) < 4.78 is 1.11. The normalized spacial score (nSPS) is 14.6. The molecule has 0 amide bonds. The first-order chi connectivity index (χ1) is 8.08. The third-order valence-electron chi connectivity index (χ3n) is 2.74. The molecule has 0 aliphatic heterocycles. The molecular formula is C13H20BrNOS. The number of aliphatic hydroxyl groups is 1. The molecule has 0 radical (unpaired) electrons. The highest BCUT2D eigenvalue weighted by molar-refractivity contribution is 9.10. The van der Waals surface area contributed by atoms with Crippen LogP contribution in [0.3, 0.4) is 0 Å². The number of hydrogen-bond acceptors (Lipinski definition) is 3. The van der Waals surface area contributed by atoms with Gasteiger partial charge in [-0.2, -0.15) is 0 Å². The van der Waals surface area contributed by atoms with Crippen molar-refractivity contribution >= 4 is 27.7 Å². The van der Waals surface area contributed by atoms with Crippen molar-refractivity contribution in [2.75, 3.05) is 13.7 Å². The van der Waals surface area contributed by atoms with E-state index in [-0.39, 0.29) is 6.61 Å². The van der Waals surface area contributed by atoms with E-state index in [1.807, 2.05) is 18.8 Å². The molecule has 2 unspecified atom stereocenters. The van der Waals surface area contributed by atoms with E-state index in [0.29, 0.717) is 11.3 Å². The molecule has 1 aromatic rings. The summed E-state index contributed by atoms with van der Waals surface area (Å²) in [6.07, 6.45) is 0.827. The molecule has 0 saturated carbocycles. The SMILES string of the molecule is CNC(C)c1cc(Br)ccc1SC(C)CCO. The lowest BCUT2D eigenvalue weighted by molar-refractivity contribution is 0.289. The van der Waals surface area contributed by atoms with Gasteiger partial charge in [0.1, 0.15) is 0 Å². The summed E-state index contributed by atoms with van der Waals surface area (Å²) in [6.45, 7) is 4.56. The second kappa shape index (κ2) is 7.41. The number of thioether (sulfide) groups is 1. The smallest absolute Gasteiger partial charge is 0.0441 e. The highest BCUT2D eigenvalue weighted by Crippen LogP contribution is 2.33. The zero-order valence-corrected chi connectivity index (χ0v) is 12.9. The average Bonchev–Trinajstić information content (AvgIpc) is 2.30. The molecule has 0 aliphatic rings. The Labute approximate surface area is 116 Å². The molecule has 2 N–H and O–H groups in total. The number of halogens is 1. The fraction of sp³-hybridized carbons (Fsp3) is 0.538. The summed E-state index contributed by atoms with van der Waals surface area (Å²) in [6, 6.07) is 6.71. The van der Waals surface area contributed by atoms with Crippen LogP contribution >= 0.6 is 27.7 Å². The van der Waals surface area contributed by atoms with Crippen LogP contribution in [0.2, 0.25) is 0 Å². The fourth-order valence-corrected chi connectivity index (χ4v) is 3.13. The summed E-state index contributed by atoms with van der Waals surface area (Å²) in [4.78, 5) is 1.29. The zero-order chi connectivity index (χ0) is 12.8. The minimum atomic E-state index is 0.252. The van der Waals surface area contributed by atoms with E-state index in [4.69, 9.17) is 5.11 Å². The molecule has 0 spiro atoms. The van der Waals surface area contributed by atoms with E-state index in [0.717, 1.165) is 10.9 Å². The molecule has 0 saturated heterocycles. The second-order valence-corrected chi connectivity index (χ2v) is 6.53. The predicted octanol–water partition coefficient (Wildman–Crippen LogP) is 3.59. The van der Waals surface area contributed by atoms with Gasteiger partial charge in [-0.1, -0.05) is 22.9 Å². The summed E-state index contributed by atoms with van der Waals surface area (Å²) in [5, 5.41) is 12.7. The molecule has 1 aromatic carbocycles. The highest BCUT2D eigenvalue weighted by atomic mass is 79.9. The number of hydrogen-bond donors (Lipinski definition) is 2. The van der Waals surface area contributed by atoms with Crippen molar-refractivity contribution in [1.82, 2.24) is 5.32 Å². The van der Waals surface area contributed by atoms with Gasteiger partial charge in [0, 0.05) is 27.3 Å². The van der Waals surface area contributed by atoms with E-state index in [2.05, 4.69) is 53.3 Å². The van der Waals surface area contributed by atoms with Crippen molar-refractivity contribution in [3.8, 4) is 0 Å². The summed E-state index contributed by atoms with van der Waals surface area (Å²) >= 11 is 5.34. The van der Waals surface area contributed by atoms with Gasteiger partial charge in [0.2, 0.25) is 0 Å². The second-order valence-electron chi connectivity index (χ2n) is 4.13. The Morgan fingerprint density at radius 1 is 1.41 bits per heavy atom. The van der Waals surface area contributed by atoms with Crippen LogP contribution in [0.1, 0.15) is 31.9 Å². The van der Waals surface area contributed by atoms with Crippen LogP contribution in [-0.2, 0) is 0 Å². The van der Waals surface area contributed by atoms with Crippen molar-refractivity contribution < 1.29 is 5.11 Å². The van der Waals surface area contributed by atoms with Gasteiger partial charge in [-0.15, -0.1) is 11.8 Å². The van der Waals surface area contributed by atoms with E-state index >= 15 is 0 Å². The van der Waals surface area contributed by atoms with Gasteiger partial charge in [0.25, 0.3) is 0 Å². The minimum Gasteiger partial charge on any atom is -0.396 e. The van der Waals surface area contributed by atoms with E-state index in [1.54, 1.807) is 0 Å². The number of aliphatic hydroxyl groups excluding tert-OH is 1. The minimum absolute atomic E-state index is 0.252. The maximum Gasteiger partial charge on any atom is 0.0441 e. The lowest BCUT2D eigenvalue weighted by atomic mass is 10.1. The first-order valence-electron chi connectivity index (χ1n) is 5.82. The van der Waals surface area contributed by atoms with Crippen molar-refractivity contribution in [2.24, 2.45) is 0 Å². The van der Waals surface area contributed by atoms with Gasteiger partial charge < -0.3 is 10.4 Å². The van der Waals surface area contributed by atoms with Crippen LogP contribution in [0.25, 0.3) is 0 Å². The third-order valence-corrected chi connectivity index (χ3v) is 4.49. The van der Waals surface area contributed by atoms with Crippen LogP contribution in [0.15, 0.2) is 27.6 Å². The van der Waals surface area contributed by atoms with Gasteiger partial charge in [-0.25, -0.2) is 0 Å². The van der Waals surface area contributed by atoms with Crippen LogP contribution in [0.4, 0.5) is 0 Å². The van der Waals surface area contributed by atoms with Crippen molar-refractivity contribution in [1.29, 1.82) is 0 Å². The van der Waals surface area contributed by atoms with Gasteiger partial charge in [-0.3, -0.25) is 0 Å². The molecule has 96 valence electrons. The number of nitrogens with one attached hydrogen (secondary N) is 1. The number of benzene rings is 1. The average molecular weight is 318 g/mol. The maximum atomic E-state index is 8.95. The molecule has 4 heteroatoms. The molecule has 2 atom stereocenters. The standard InChI is InChI=1S/C13H20BrNOS/c1-9(6-7-16)17-13-5-4-11(14)8-12(13)10(2)15-3/h4-5,8-10,15-16H,6-7H2,1-3H3. The monoisotopic (exact) mass is 317 g/mol. The van der Waals surface area contributed by atoms with Crippen LogP contribution in [0.5, 0.6) is 0 Å². The van der Waals surface area contributed by atoms with Crippen LogP contribution in [0, 0.1) is 0 Å². The van der Waals surface area contributed by atoms with Crippen molar-refractivity contribution in [3.05, 3.63) is 28.2 Å². The molecule has 0 aromatic heterocycles. The van der Waals surface area contributed by atoms with Crippen LogP contribution in [-0.4, -0.2) is 24.0 Å². The Balaban J connectivity index is 2.90. The molecule has 0 aliphatic carbocycles. The lowest BCUT2D eigenvalue weighted by Gasteiger charge is -2.18. The van der Waals surface area contributed by atoms with Crippen molar-refractivity contribution in [2.45, 2.75) is 36.5 Å². The van der Waals surface area contributed by atoms with Gasteiger partial charge >= 0.3 is 0 Å². The van der Waals surface area contributed by atoms with Crippen LogP contribution < -0.4 is 5.32 Å². The largest absolute Gasteiger partial charge is 0.396 e. The van der Waals surface area contributed by atoms with E-state index in [9.17, 15) is 0 Å². The molecule has 0 fully saturated rings. The van der Waals surface area contributed by atoms with Crippen molar-refractivity contribution in [3.63, 3.8) is 0 Å². The Morgan fingerprint density at radius 3 is 2.71 bits per heavy atom. The fourth-order valence-electron chi connectivity index (χ4n) is 1.58. The predicted molar refractivity (Wildman–Crippen MR) is 78.6 cm³/mol. The first kappa shape index (κ1) is 15.0. The Bertz CT molecular complexity index is 359. The van der Waals surface area contributed by atoms with Gasteiger partial charge in [0.05, 0.1) is 0 Å². The molecule has 0 bridgehead atoms. The van der Waals surface area contributed by atoms with Gasteiger partial charge in [-0.05, 0) is 44.2 Å². The first-order valence-corrected chi connectivity index (χ1v) is 7.50.